The van der Waals surface area contributed by atoms with Crippen LogP contribution in [0.25, 0.3) is 0 Å². The first-order chi connectivity index (χ1) is 10.3. The summed E-state index contributed by atoms with van der Waals surface area (Å²) in [6, 6.07) is 6.79. The summed E-state index contributed by atoms with van der Waals surface area (Å²) in [5.41, 5.74) is 1.16. The van der Waals surface area contributed by atoms with Crippen molar-refractivity contribution in [2.45, 2.75) is 45.6 Å². The predicted molar refractivity (Wildman–Crippen MR) is 86.8 cm³/mol. The molecule has 3 heteroatoms. The summed E-state index contributed by atoms with van der Waals surface area (Å²) in [4.78, 5) is 2.63. The number of benzene rings is 1. The summed E-state index contributed by atoms with van der Waals surface area (Å²) < 4.78 is 12.8. The van der Waals surface area contributed by atoms with Crippen LogP contribution in [0.5, 0.6) is 0 Å². The Morgan fingerprint density at radius 3 is 2.81 bits per heavy atom. The van der Waals surface area contributed by atoms with Crippen molar-refractivity contribution in [3.8, 4) is 0 Å². The van der Waals surface area contributed by atoms with Crippen molar-refractivity contribution in [2.75, 3.05) is 26.2 Å². The van der Waals surface area contributed by atoms with Gasteiger partial charge in [0.2, 0.25) is 0 Å². The van der Waals surface area contributed by atoms with Crippen LogP contribution in [0.3, 0.4) is 0 Å². The highest BCUT2D eigenvalue weighted by Crippen LogP contribution is 2.16. The fourth-order valence-electron chi connectivity index (χ4n) is 3.13. The molecule has 1 heterocycles. The maximum absolute atomic E-state index is 12.8. The van der Waals surface area contributed by atoms with Gasteiger partial charge in [-0.3, -0.25) is 0 Å². The molecule has 1 aromatic rings. The van der Waals surface area contributed by atoms with Crippen LogP contribution in [0.2, 0.25) is 0 Å². The summed E-state index contributed by atoms with van der Waals surface area (Å²) in [6.45, 7) is 7.95. The second kappa shape index (κ2) is 9.16. The first kappa shape index (κ1) is 16.4. The molecule has 0 saturated carbocycles. The molecule has 1 fully saturated rings. The van der Waals surface area contributed by atoms with Gasteiger partial charge in [-0.25, -0.2) is 4.39 Å². The van der Waals surface area contributed by atoms with Crippen molar-refractivity contribution in [3.05, 3.63) is 35.6 Å². The van der Waals surface area contributed by atoms with Gasteiger partial charge in [0.15, 0.2) is 0 Å². The SMILES string of the molecule is CCCCCN1CCCC(CNCc2ccc(F)cc2)C1. The van der Waals surface area contributed by atoms with Crippen molar-refractivity contribution >= 4 is 0 Å². The van der Waals surface area contributed by atoms with Crippen LogP contribution in [0.1, 0.15) is 44.6 Å². The van der Waals surface area contributed by atoms with Gasteiger partial charge >= 0.3 is 0 Å². The molecule has 1 aliphatic rings. The lowest BCUT2D eigenvalue weighted by Crippen LogP contribution is -2.39. The molecule has 1 N–H and O–H groups in total. The van der Waals surface area contributed by atoms with Crippen molar-refractivity contribution in [2.24, 2.45) is 5.92 Å². The summed E-state index contributed by atoms with van der Waals surface area (Å²) >= 11 is 0. The molecule has 0 bridgehead atoms. The molecule has 21 heavy (non-hydrogen) atoms. The van der Waals surface area contributed by atoms with Crippen molar-refractivity contribution in [3.63, 3.8) is 0 Å². The summed E-state index contributed by atoms with van der Waals surface area (Å²) in [5, 5.41) is 3.53. The minimum Gasteiger partial charge on any atom is -0.312 e. The average molecular weight is 292 g/mol. The van der Waals surface area contributed by atoms with E-state index in [1.807, 2.05) is 12.1 Å². The lowest BCUT2D eigenvalue weighted by atomic mass is 9.97. The van der Waals surface area contributed by atoms with Gasteiger partial charge in [-0.15, -0.1) is 0 Å². The van der Waals surface area contributed by atoms with Gasteiger partial charge in [0.1, 0.15) is 5.82 Å². The van der Waals surface area contributed by atoms with E-state index < -0.39 is 0 Å². The van der Waals surface area contributed by atoms with Crippen LogP contribution < -0.4 is 5.32 Å². The Morgan fingerprint density at radius 1 is 1.24 bits per heavy atom. The predicted octanol–water partition coefficient (Wildman–Crippen LogP) is 3.82. The number of nitrogens with zero attached hydrogens (tertiary/aromatic N) is 1. The fourth-order valence-corrected chi connectivity index (χ4v) is 3.13. The van der Waals surface area contributed by atoms with Crippen molar-refractivity contribution in [1.29, 1.82) is 0 Å². The van der Waals surface area contributed by atoms with Crippen molar-refractivity contribution in [1.82, 2.24) is 10.2 Å². The maximum Gasteiger partial charge on any atom is 0.123 e. The van der Waals surface area contributed by atoms with Gasteiger partial charge in [-0.05, 0) is 62.5 Å². The van der Waals surface area contributed by atoms with Gasteiger partial charge in [-0.2, -0.15) is 0 Å². The number of hydrogen-bond acceptors (Lipinski definition) is 2. The van der Waals surface area contributed by atoms with Gasteiger partial charge in [-0.1, -0.05) is 31.9 Å². The van der Waals surface area contributed by atoms with Gasteiger partial charge in [0.05, 0.1) is 0 Å². The average Bonchev–Trinajstić information content (AvgIpc) is 2.50. The first-order valence-electron chi connectivity index (χ1n) is 8.45. The van der Waals surface area contributed by atoms with Crippen LogP contribution in [-0.4, -0.2) is 31.1 Å². The molecule has 1 saturated heterocycles. The number of likely N-dealkylation sites (tertiary alicyclic amines) is 1. The Kier molecular flexibility index (Phi) is 7.17. The standard InChI is InChI=1S/C18H29FN2/c1-2-3-4-11-21-12-5-6-17(15-21)14-20-13-16-7-9-18(19)10-8-16/h7-10,17,20H,2-6,11-15H2,1H3. The second-order valence-corrected chi connectivity index (χ2v) is 6.27. The van der Waals surface area contributed by atoms with Crippen molar-refractivity contribution < 1.29 is 4.39 Å². The first-order valence-corrected chi connectivity index (χ1v) is 8.45. The van der Waals surface area contributed by atoms with Gasteiger partial charge in [0.25, 0.3) is 0 Å². The fraction of sp³-hybridized carbons (Fsp3) is 0.667. The highest BCUT2D eigenvalue weighted by atomic mass is 19.1. The van der Waals surface area contributed by atoms with E-state index in [-0.39, 0.29) is 5.82 Å². The molecule has 0 radical (unpaired) electrons. The molecular weight excluding hydrogens is 263 g/mol. The zero-order chi connectivity index (χ0) is 14.9. The third-order valence-corrected chi connectivity index (χ3v) is 4.36. The third kappa shape index (κ3) is 6.15. The molecule has 1 unspecified atom stereocenters. The maximum atomic E-state index is 12.8. The lowest BCUT2D eigenvalue weighted by Gasteiger charge is -2.33. The van der Waals surface area contributed by atoms with Crippen LogP contribution in [0, 0.1) is 11.7 Å². The van der Waals surface area contributed by atoms with Crippen LogP contribution >= 0.6 is 0 Å². The number of nitrogens with one attached hydrogen (secondary N) is 1. The zero-order valence-corrected chi connectivity index (χ0v) is 13.3. The van der Waals surface area contributed by atoms with E-state index in [4.69, 9.17) is 0 Å². The van der Waals surface area contributed by atoms with E-state index in [1.165, 1.54) is 63.9 Å². The minimum absolute atomic E-state index is 0.159. The normalized spacial score (nSPS) is 19.8. The van der Waals surface area contributed by atoms with Crippen LogP contribution in [-0.2, 0) is 6.54 Å². The largest absolute Gasteiger partial charge is 0.312 e. The van der Waals surface area contributed by atoms with E-state index >= 15 is 0 Å². The Hall–Kier alpha value is -0.930. The van der Waals surface area contributed by atoms with E-state index in [2.05, 4.69) is 17.1 Å². The highest BCUT2D eigenvalue weighted by molar-refractivity contribution is 5.15. The zero-order valence-electron chi connectivity index (χ0n) is 13.3. The number of rotatable bonds is 8. The highest BCUT2D eigenvalue weighted by Gasteiger charge is 2.18. The lowest BCUT2D eigenvalue weighted by molar-refractivity contribution is 0.169. The molecule has 1 atom stereocenters. The van der Waals surface area contributed by atoms with Gasteiger partial charge < -0.3 is 10.2 Å². The second-order valence-electron chi connectivity index (χ2n) is 6.27. The molecule has 2 nitrogen and oxygen atoms in total. The van der Waals surface area contributed by atoms with E-state index in [0.717, 1.165) is 24.6 Å². The molecule has 0 aromatic heterocycles. The molecular formula is C18H29FN2. The Morgan fingerprint density at radius 2 is 2.05 bits per heavy atom. The number of unbranched alkanes of at least 4 members (excludes halogenated alkanes) is 2. The van der Waals surface area contributed by atoms with Crippen LogP contribution in [0.15, 0.2) is 24.3 Å². The molecule has 1 aliphatic heterocycles. The molecule has 1 aromatic carbocycles. The molecule has 0 amide bonds. The Balaban J connectivity index is 1.64. The summed E-state index contributed by atoms with van der Waals surface area (Å²) in [6.07, 6.45) is 6.66. The van der Waals surface area contributed by atoms with E-state index in [1.54, 1.807) is 0 Å². The Labute approximate surface area is 128 Å². The number of piperidine rings is 1. The minimum atomic E-state index is -0.159. The Bertz CT molecular complexity index is 391. The molecule has 0 aliphatic carbocycles. The van der Waals surface area contributed by atoms with E-state index in [0.29, 0.717) is 0 Å². The number of halogens is 1. The smallest absolute Gasteiger partial charge is 0.123 e. The molecule has 2 rings (SSSR count). The summed E-state index contributed by atoms with van der Waals surface area (Å²) in [7, 11) is 0. The molecule has 118 valence electrons. The monoisotopic (exact) mass is 292 g/mol. The topological polar surface area (TPSA) is 15.3 Å². The van der Waals surface area contributed by atoms with E-state index in [9.17, 15) is 4.39 Å². The van der Waals surface area contributed by atoms with Crippen LogP contribution in [0.4, 0.5) is 4.39 Å². The summed E-state index contributed by atoms with van der Waals surface area (Å²) in [5.74, 6) is 0.606. The molecule has 0 spiro atoms. The third-order valence-electron chi connectivity index (χ3n) is 4.36. The number of hydrogen-bond donors (Lipinski definition) is 1. The van der Waals surface area contributed by atoms with Gasteiger partial charge in [0, 0.05) is 13.1 Å². The quantitative estimate of drug-likeness (QED) is 0.733.